The summed E-state index contributed by atoms with van der Waals surface area (Å²) in [6.07, 6.45) is 0.584. The first-order chi connectivity index (χ1) is 17.8. The first-order valence-corrected chi connectivity index (χ1v) is 13.4. The van der Waals surface area contributed by atoms with Crippen molar-refractivity contribution in [1.29, 1.82) is 0 Å². The first-order valence-electron chi connectivity index (χ1n) is 13.4. The molecule has 0 spiro atoms. The van der Waals surface area contributed by atoms with Crippen molar-refractivity contribution < 1.29 is 23.9 Å². The SMILES string of the molecule is CC(C)(C)OC(=O)N[C@H]1c2ccccc2C[C@@H]1CC(=O)C1(c2ccccc2)CCN(C(=O)OC(C)(C)C)C1. The Kier molecular flexibility index (Phi) is 7.60. The molecule has 1 unspecified atom stereocenters. The zero-order chi connectivity index (χ0) is 27.7. The van der Waals surface area contributed by atoms with Gasteiger partial charge in [0.25, 0.3) is 0 Å². The van der Waals surface area contributed by atoms with Crippen LogP contribution in [0.25, 0.3) is 0 Å². The number of nitrogens with one attached hydrogen (secondary N) is 1. The lowest BCUT2D eigenvalue weighted by molar-refractivity contribution is -0.125. The van der Waals surface area contributed by atoms with Crippen LogP contribution in [0.15, 0.2) is 54.6 Å². The highest BCUT2D eigenvalue weighted by atomic mass is 16.6. The number of Topliss-reactive ketones (excluding diaryl/α,β-unsaturated/α-hetero) is 1. The lowest BCUT2D eigenvalue weighted by Gasteiger charge is -2.32. The van der Waals surface area contributed by atoms with Crippen LogP contribution in [0.4, 0.5) is 9.59 Å². The highest BCUT2D eigenvalue weighted by molar-refractivity contribution is 5.92. The minimum absolute atomic E-state index is 0.0727. The summed E-state index contributed by atoms with van der Waals surface area (Å²) in [5, 5.41) is 3.04. The number of hydrogen-bond donors (Lipinski definition) is 1. The topological polar surface area (TPSA) is 84.9 Å². The number of alkyl carbamates (subject to hydrolysis) is 1. The molecule has 1 heterocycles. The number of benzene rings is 2. The lowest BCUT2D eigenvalue weighted by atomic mass is 9.73. The van der Waals surface area contributed by atoms with Crippen LogP contribution in [-0.2, 0) is 26.1 Å². The number of nitrogens with zero attached hydrogens (tertiary/aromatic N) is 1. The normalized spacial score (nSPS) is 23.1. The zero-order valence-electron chi connectivity index (χ0n) is 23.4. The molecule has 1 N–H and O–H groups in total. The average Bonchev–Trinajstić information content (AvgIpc) is 3.41. The molecule has 2 aromatic rings. The van der Waals surface area contributed by atoms with Crippen molar-refractivity contribution in [3.63, 3.8) is 0 Å². The second kappa shape index (κ2) is 10.4. The standard InChI is InChI=1S/C31H40N2O5/c1-29(2,3)37-27(35)32-26-22(18-21-12-10-11-15-24(21)26)19-25(34)31(23-13-8-7-9-14-23)16-17-33(20-31)28(36)38-30(4,5)6/h7-15,22,26H,16-20H2,1-6H3,(H,32,35)/t22-,26-,31?/m1/s1. The molecule has 1 aliphatic heterocycles. The van der Waals surface area contributed by atoms with Crippen LogP contribution in [0.3, 0.4) is 0 Å². The smallest absolute Gasteiger partial charge is 0.410 e. The maximum Gasteiger partial charge on any atom is 0.410 e. The molecule has 2 amide bonds. The minimum atomic E-state index is -0.830. The molecule has 0 bridgehead atoms. The molecule has 4 rings (SSSR count). The number of hydrogen-bond acceptors (Lipinski definition) is 5. The van der Waals surface area contributed by atoms with Crippen LogP contribution in [0.1, 0.15) is 77.1 Å². The Morgan fingerprint density at radius 1 is 0.921 bits per heavy atom. The molecular formula is C31H40N2O5. The summed E-state index contributed by atoms with van der Waals surface area (Å²) in [5.41, 5.74) is 0.982. The summed E-state index contributed by atoms with van der Waals surface area (Å²) in [5.74, 6) is -0.0489. The van der Waals surface area contributed by atoms with Gasteiger partial charge >= 0.3 is 12.2 Å². The Labute approximate surface area is 225 Å². The van der Waals surface area contributed by atoms with E-state index in [0.29, 0.717) is 19.4 Å². The molecule has 0 aromatic heterocycles. The molecular weight excluding hydrogens is 480 g/mol. The van der Waals surface area contributed by atoms with Crippen LogP contribution in [0.2, 0.25) is 0 Å². The fraction of sp³-hybridized carbons (Fsp3) is 0.516. The van der Waals surface area contributed by atoms with Gasteiger partial charge in [0.1, 0.15) is 17.0 Å². The fourth-order valence-electron chi connectivity index (χ4n) is 5.60. The average molecular weight is 521 g/mol. The number of likely N-dealkylation sites (tertiary alicyclic amines) is 1. The molecule has 204 valence electrons. The van der Waals surface area contributed by atoms with E-state index in [1.54, 1.807) is 4.90 Å². The first kappa shape index (κ1) is 27.7. The summed E-state index contributed by atoms with van der Waals surface area (Å²) in [7, 11) is 0. The molecule has 0 radical (unpaired) electrons. The van der Waals surface area contributed by atoms with Gasteiger partial charge in [-0.2, -0.15) is 0 Å². The van der Waals surface area contributed by atoms with E-state index in [9.17, 15) is 14.4 Å². The second-order valence-electron chi connectivity index (χ2n) is 12.5. The highest BCUT2D eigenvalue weighted by Gasteiger charge is 2.49. The van der Waals surface area contributed by atoms with E-state index in [1.807, 2.05) is 90.1 Å². The van der Waals surface area contributed by atoms with Crippen molar-refractivity contribution in [2.24, 2.45) is 5.92 Å². The molecule has 1 aliphatic carbocycles. The van der Waals surface area contributed by atoms with Crippen LogP contribution in [0, 0.1) is 5.92 Å². The van der Waals surface area contributed by atoms with Gasteiger partial charge in [0, 0.05) is 19.5 Å². The molecule has 38 heavy (non-hydrogen) atoms. The van der Waals surface area contributed by atoms with Gasteiger partial charge in [0.15, 0.2) is 0 Å². The monoisotopic (exact) mass is 520 g/mol. The van der Waals surface area contributed by atoms with Gasteiger partial charge in [-0.25, -0.2) is 9.59 Å². The Balaban J connectivity index is 1.59. The highest BCUT2D eigenvalue weighted by Crippen LogP contribution is 2.43. The van der Waals surface area contributed by atoms with E-state index in [4.69, 9.17) is 9.47 Å². The number of rotatable bonds is 5. The summed E-state index contributed by atoms with van der Waals surface area (Å²) in [6, 6.07) is 17.4. The summed E-state index contributed by atoms with van der Waals surface area (Å²) in [4.78, 5) is 41.6. The molecule has 1 fully saturated rings. The van der Waals surface area contributed by atoms with Gasteiger partial charge < -0.3 is 19.7 Å². The zero-order valence-corrected chi connectivity index (χ0v) is 23.4. The maximum absolute atomic E-state index is 14.3. The molecule has 2 aromatic carbocycles. The van der Waals surface area contributed by atoms with E-state index in [2.05, 4.69) is 11.4 Å². The van der Waals surface area contributed by atoms with Crippen molar-refractivity contribution in [3.8, 4) is 0 Å². The number of carbonyl (C=O) groups is 3. The van der Waals surface area contributed by atoms with Crippen LogP contribution >= 0.6 is 0 Å². The molecule has 0 saturated carbocycles. The fourth-order valence-corrected chi connectivity index (χ4v) is 5.60. The van der Waals surface area contributed by atoms with Crippen molar-refractivity contribution in [2.75, 3.05) is 13.1 Å². The summed E-state index contributed by atoms with van der Waals surface area (Å²) < 4.78 is 11.2. The van der Waals surface area contributed by atoms with E-state index in [1.165, 1.54) is 0 Å². The number of ketones is 1. The number of fused-ring (bicyclic) bond motifs is 1. The van der Waals surface area contributed by atoms with Gasteiger partial charge in [-0.3, -0.25) is 4.79 Å². The van der Waals surface area contributed by atoms with Gasteiger partial charge in [-0.05, 0) is 77.0 Å². The molecule has 7 nitrogen and oxygen atoms in total. The summed E-state index contributed by atoms with van der Waals surface area (Å²) in [6.45, 7) is 11.7. The Bertz CT molecular complexity index is 1180. The summed E-state index contributed by atoms with van der Waals surface area (Å²) >= 11 is 0. The number of ether oxygens (including phenoxy) is 2. The molecule has 3 atom stereocenters. The minimum Gasteiger partial charge on any atom is -0.444 e. The van der Waals surface area contributed by atoms with Gasteiger partial charge in [-0.1, -0.05) is 54.6 Å². The third-order valence-corrected chi connectivity index (χ3v) is 7.24. The second-order valence-corrected chi connectivity index (χ2v) is 12.5. The Morgan fingerprint density at radius 2 is 1.55 bits per heavy atom. The number of amides is 2. The van der Waals surface area contributed by atoms with Crippen molar-refractivity contribution >= 4 is 18.0 Å². The van der Waals surface area contributed by atoms with E-state index in [-0.39, 0.29) is 30.7 Å². The van der Waals surface area contributed by atoms with E-state index < -0.39 is 28.8 Å². The van der Waals surface area contributed by atoms with Crippen molar-refractivity contribution in [1.82, 2.24) is 10.2 Å². The van der Waals surface area contributed by atoms with Crippen LogP contribution in [-0.4, -0.2) is 47.2 Å². The van der Waals surface area contributed by atoms with Crippen molar-refractivity contribution in [3.05, 3.63) is 71.3 Å². The van der Waals surface area contributed by atoms with Gasteiger partial charge in [-0.15, -0.1) is 0 Å². The van der Waals surface area contributed by atoms with Crippen LogP contribution < -0.4 is 5.32 Å². The van der Waals surface area contributed by atoms with Crippen molar-refractivity contribution in [2.45, 2.75) is 83.5 Å². The molecule has 2 aliphatic rings. The quantitative estimate of drug-likeness (QED) is 0.526. The largest absolute Gasteiger partial charge is 0.444 e. The van der Waals surface area contributed by atoms with Gasteiger partial charge in [0.2, 0.25) is 0 Å². The Morgan fingerprint density at radius 3 is 2.21 bits per heavy atom. The lowest BCUT2D eigenvalue weighted by Crippen LogP contribution is -2.43. The van der Waals surface area contributed by atoms with E-state index in [0.717, 1.165) is 16.7 Å². The maximum atomic E-state index is 14.3. The van der Waals surface area contributed by atoms with Gasteiger partial charge in [0.05, 0.1) is 11.5 Å². The number of carbonyl (C=O) groups excluding carboxylic acids is 3. The predicted octanol–water partition coefficient (Wildman–Crippen LogP) is 5.96. The molecule has 7 heteroatoms. The van der Waals surface area contributed by atoms with Crippen LogP contribution in [0.5, 0.6) is 0 Å². The third-order valence-electron chi connectivity index (χ3n) is 7.24. The third kappa shape index (κ3) is 6.20. The predicted molar refractivity (Wildman–Crippen MR) is 146 cm³/mol. The Hall–Kier alpha value is -3.35. The van der Waals surface area contributed by atoms with E-state index >= 15 is 0 Å². The molecule has 1 saturated heterocycles.